The molecule has 3 atom stereocenters. The molecule has 16 heavy (non-hydrogen) atoms. The molecule has 0 amide bonds. The highest BCUT2D eigenvalue weighted by Crippen LogP contribution is 2.54. The molecule has 0 spiro atoms. The van der Waals surface area contributed by atoms with Gasteiger partial charge in [-0.2, -0.15) is 0 Å². The first-order valence-corrected chi connectivity index (χ1v) is 6.47. The molecule has 0 aromatic rings. The van der Waals surface area contributed by atoms with Crippen molar-refractivity contribution in [2.75, 3.05) is 0 Å². The molecule has 2 aliphatic carbocycles. The molecule has 1 fully saturated rings. The van der Waals surface area contributed by atoms with Crippen LogP contribution in [0.2, 0.25) is 0 Å². The Labute approximate surface area is 99.3 Å². The van der Waals surface area contributed by atoms with Gasteiger partial charge in [-0.15, -0.1) is 0 Å². The molecule has 0 bridgehead atoms. The Balaban J connectivity index is 2.43. The van der Waals surface area contributed by atoms with Crippen LogP contribution in [0.4, 0.5) is 0 Å². The van der Waals surface area contributed by atoms with Crippen LogP contribution in [0.15, 0.2) is 23.8 Å². The Bertz CT molecular complexity index is 332. The molecule has 1 heteroatoms. The maximum atomic E-state index is 10.4. The van der Waals surface area contributed by atoms with Crippen LogP contribution in [-0.4, -0.2) is 10.7 Å². The molecular weight excluding hydrogens is 196 g/mol. The normalized spacial score (nSPS) is 39.2. The van der Waals surface area contributed by atoms with E-state index in [0.717, 1.165) is 0 Å². The van der Waals surface area contributed by atoms with Crippen LogP contribution in [0.25, 0.3) is 0 Å². The van der Waals surface area contributed by atoms with Gasteiger partial charge in [-0.3, -0.25) is 0 Å². The minimum atomic E-state index is -0.629. The predicted molar refractivity (Wildman–Crippen MR) is 68.1 cm³/mol. The van der Waals surface area contributed by atoms with Gasteiger partial charge in [-0.25, -0.2) is 0 Å². The van der Waals surface area contributed by atoms with Gasteiger partial charge in [-0.05, 0) is 39.0 Å². The van der Waals surface area contributed by atoms with E-state index in [1.807, 2.05) is 13.8 Å². The number of rotatable bonds is 1. The van der Waals surface area contributed by atoms with Crippen molar-refractivity contribution in [3.63, 3.8) is 0 Å². The van der Waals surface area contributed by atoms with E-state index < -0.39 is 5.60 Å². The first-order chi connectivity index (χ1) is 7.37. The first kappa shape index (κ1) is 11.9. The van der Waals surface area contributed by atoms with E-state index in [1.165, 1.54) is 19.3 Å². The molecule has 1 saturated carbocycles. The standard InChI is InChI=1S/C15H24O/c1-11-7-5-8-12-9-6-10-13(14(2,3)16)15(11,12)4/h6,9-11,13,16H,5,7-8H2,1-4H3. The average Bonchev–Trinajstić information content (AvgIpc) is 2.17. The molecule has 3 unspecified atom stereocenters. The topological polar surface area (TPSA) is 20.2 Å². The summed E-state index contributed by atoms with van der Waals surface area (Å²) >= 11 is 0. The van der Waals surface area contributed by atoms with E-state index in [0.29, 0.717) is 5.92 Å². The van der Waals surface area contributed by atoms with Crippen molar-refractivity contribution in [1.29, 1.82) is 0 Å². The Kier molecular flexibility index (Phi) is 2.78. The Morgan fingerprint density at radius 1 is 1.44 bits per heavy atom. The number of fused-ring (bicyclic) bond motifs is 1. The second-order valence-corrected chi connectivity index (χ2v) is 6.28. The van der Waals surface area contributed by atoms with Crippen molar-refractivity contribution in [2.24, 2.45) is 17.3 Å². The molecule has 2 aliphatic rings. The highest BCUT2D eigenvalue weighted by molar-refractivity contribution is 5.32. The lowest BCUT2D eigenvalue weighted by atomic mass is 9.54. The minimum absolute atomic E-state index is 0.158. The lowest BCUT2D eigenvalue weighted by Crippen LogP contribution is -2.48. The number of allylic oxidation sites excluding steroid dienone is 3. The van der Waals surface area contributed by atoms with Crippen LogP contribution in [0, 0.1) is 17.3 Å². The summed E-state index contributed by atoms with van der Waals surface area (Å²) in [5.74, 6) is 0.907. The summed E-state index contributed by atoms with van der Waals surface area (Å²) in [7, 11) is 0. The lowest BCUT2D eigenvalue weighted by molar-refractivity contribution is -0.0344. The van der Waals surface area contributed by atoms with E-state index in [-0.39, 0.29) is 11.3 Å². The number of hydrogen-bond donors (Lipinski definition) is 1. The van der Waals surface area contributed by atoms with Gasteiger partial charge in [0.2, 0.25) is 0 Å². The molecule has 1 N–H and O–H groups in total. The van der Waals surface area contributed by atoms with Gasteiger partial charge in [0.15, 0.2) is 0 Å². The molecule has 0 heterocycles. The Morgan fingerprint density at radius 3 is 2.75 bits per heavy atom. The van der Waals surface area contributed by atoms with E-state index in [1.54, 1.807) is 5.57 Å². The molecule has 0 aliphatic heterocycles. The quantitative estimate of drug-likeness (QED) is 0.714. The monoisotopic (exact) mass is 220 g/mol. The van der Waals surface area contributed by atoms with E-state index in [9.17, 15) is 5.11 Å². The summed E-state index contributed by atoms with van der Waals surface area (Å²) < 4.78 is 0. The lowest BCUT2D eigenvalue weighted by Gasteiger charge is -2.51. The van der Waals surface area contributed by atoms with Gasteiger partial charge < -0.3 is 5.11 Å². The second kappa shape index (κ2) is 3.73. The van der Waals surface area contributed by atoms with E-state index in [2.05, 4.69) is 32.1 Å². The molecule has 2 rings (SSSR count). The van der Waals surface area contributed by atoms with E-state index >= 15 is 0 Å². The van der Waals surface area contributed by atoms with Crippen molar-refractivity contribution in [3.8, 4) is 0 Å². The minimum Gasteiger partial charge on any atom is -0.390 e. The van der Waals surface area contributed by atoms with Crippen molar-refractivity contribution < 1.29 is 5.11 Å². The fourth-order valence-corrected chi connectivity index (χ4v) is 3.71. The molecule has 0 radical (unpaired) electrons. The SMILES string of the molecule is CC1CCCC2=CC=CC(C(C)(C)O)C21C. The van der Waals surface area contributed by atoms with Crippen LogP contribution in [0.5, 0.6) is 0 Å². The number of hydrogen-bond acceptors (Lipinski definition) is 1. The smallest absolute Gasteiger partial charge is 0.0662 e. The highest BCUT2D eigenvalue weighted by atomic mass is 16.3. The fourth-order valence-electron chi connectivity index (χ4n) is 3.71. The Morgan fingerprint density at radius 2 is 2.12 bits per heavy atom. The zero-order chi connectivity index (χ0) is 12.0. The summed E-state index contributed by atoms with van der Waals surface area (Å²) in [5.41, 5.74) is 1.07. The Hall–Kier alpha value is -0.560. The van der Waals surface area contributed by atoms with Gasteiger partial charge in [-0.1, -0.05) is 37.6 Å². The van der Waals surface area contributed by atoms with Gasteiger partial charge in [0.05, 0.1) is 5.60 Å². The predicted octanol–water partition coefficient (Wildman–Crippen LogP) is 3.70. The van der Waals surface area contributed by atoms with Crippen LogP contribution in [0.3, 0.4) is 0 Å². The van der Waals surface area contributed by atoms with Crippen LogP contribution < -0.4 is 0 Å². The van der Waals surface area contributed by atoms with Gasteiger partial charge in [0.25, 0.3) is 0 Å². The molecule has 0 aromatic carbocycles. The fraction of sp³-hybridized carbons (Fsp3) is 0.733. The zero-order valence-corrected chi connectivity index (χ0v) is 11.0. The maximum absolute atomic E-state index is 10.4. The van der Waals surface area contributed by atoms with Crippen molar-refractivity contribution in [2.45, 2.75) is 52.6 Å². The third-order valence-corrected chi connectivity index (χ3v) is 4.81. The largest absolute Gasteiger partial charge is 0.390 e. The summed E-state index contributed by atoms with van der Waals surface area (Å²) in [4.78, 5) is 0. The highest BCUT2D eigenvalue weighted by Gasteiger charge is 2.48. The zero-order valence-electron chi connectivity index (χ0n) is 11.0. The molecular formula is C15H24O. The van der Waals surface area contributed by atoms with Crippen molar-refractivity contribution in [1.82, 2.24) is 0 Å². The average molecular weight is 220 g/mol. The van der Waals surface area contributed by atoms with Gasteiger partial charge in [0, 0.05) is 11.3 Å². The number of aliphatic hydroxyl groups is 1. The second-order valence-electron chi connectivity index (χ2n) is 6.28. The maximum Gasteiger partial charge on any atom is 0.0662 e. The van der Waals surface area contributed by atoms with Crippen LogP contribution >= 0.6 is 0 Å². The molecule has 90 valence electrons. The third-order valence-electron chi connectivity index (χ3n) is 4.81. The summed E-state index contributed by atoms with van der Waals surface area (Å²) in [5, 5.41) is 10.4. The van der Waals surface area contributed by atoms with Gasteiger partial charge >= 0.3 is 0 Å². The summed E-state index contributed by atoms with van der Waals surface area (Å²) in [6, 6.07) is 0. The van der Waals surface area contributed by atoms with Crippen molar-refractivity contribution in [3.05, 3.63) is 23.8 Å². The van der Waals surface area contributed by atoms with Crippen LogP contribution in [0.1, 0.15) is 47.0 Å². The van der Waals surface area contributed by atoms with Crippen LogP contribution in [-0.2, 0) is 0 Å². The third kappa shape index (κ3) is 1.66. The van der Waals surface area contributed by atoms with E-state index in [4.69, 9.17) is 0 Å². The molecule has 0 aromatic heterocycles. The summed E-state index contributed by atoms with van der Waals surface area (Å²) in [6.45, 7) is 8.56. The summed E-state index contributed by atoms with van der Waals surface area (Å²) in [6.07, 6.45) is 10.4. The van der Waals surface area contributed by atoms with Gasteiger partial charge in [0.1, 0.15) is 0 Å². The first-order valence-electron chi connectivity index (χ1n) is 6.47. The molecule has 1 nitrogen and oxygen atoms in total. The molecule has 0 saturated heterocycles. The van der Waals surface area contributed by atoms with Crippen molar-refractivity contribution >= 4 is 0 Å².